The fourth-order valence-electron chi connectivity index (χ4n) is 2.39. The number of hydrogen-bond acceptors (Lipinski definition) is 3. The molecule has 4 nitrogen and oxygen atoms in total. The number of aliphatic hydroxyl groups is 1. The van der Waals surface area contributed by atoms with Crippen molar-refractivity contribution in [3.8, 4) is 0 Å². The molecule has 1 amide bonds. The molecule has 0 aromatic carbocycles. The summed E-state index contributed by atoms with van der Waals surface area (Å²) in [6.45, 7) is 7.54. The summed E-state index contributed by atoms with van der Waals surface area (Å²) in [5, 5.41) is 8.89. The van der Waals surface area contributed by atoms with Gasteiger partial charge in [0.2, 0.25) is 5.91 Å². The van der Waals surface area contributed by atoms with Gasteiger partial charge in [0.15, 0.2) is 0 Å². The van der Waals surface area contributed by atoms with Gasteiger partial charge in [-0.05, 0) is 33.1 Å². The Balaban J connectivity index is 2.43. The van der Waals surface area contributed by atoms with E-state index >= 15 is 0 Å². The van der Waals surface area contributed by atoms with Gasteiger partial charge in [-0.1, -0.05) is 12.8 Å². The van der Waals surface area contributed by atoms with Gasteiger partial charge < -0.3 is 10.0 Å². The molecule has 4 heteroatoms. The lowest BCUT2D eigenvalue weighted by molar-refractivity contribution is -0.132. The Kier molecular flexibility index (Phi) is 7.28. The molecule has 0 atom stereocenters. The highest BCUT2D eigenvalue weighted by molar-refractivity contribution is 5.78. The Labute approximate surface area is 111 Å². The van der Waals surface area contributed by atoms with Gasteiger partial charge in [0.1, 0.15) is 0 Å². The van der Waals surface area contributed by atoms with Crippen LogP contribution in [0.4, 0.5) is 0 Å². The number of carbonyl (C=O) groups excluding carboxylic acids is 1. The number of likely N-dealkylation sites (tertiary alicyclic amines) is 1. The maximum atomic E-state index is 12.3. The minimum absolute atomic E-state index is 0.196. The minimum Gasteiger partial charge on any atom is -0.396 e. The summed E-state index contributed by atoms with van der Waals surface area (Å²) in [5.74, 6) is 0.253. The lowest BCUT2D eigenvalue weighted by atomic mass is 10.2. The van der Waals surface area contributed by atoms with E-state index in [1.54, 1.807) is 0 Å². The van der Waals surface area contributed by atoms with Gasteiger partial charge in [0.05, 0.1) is 6.54 Å². The summed E-state index contributed by atoms with van der Waals surface area (Å²) in [6.07, 6.45) is 5.53. The predicted molar refractivity (Wildman–Crippen MR) is 73.5 cm³/mol. The highest BCUT2D eigenvalue weighted by Gasteiger charge is 2.19. The maximum Gasteiger partial charge on any atom is 0.236 e. The summed E-state index contributed by atoms with van der Waals surface area (Å²) >= 11 is 0. The maximum absolute atomic E-state index is 12.3. The van der Waals surface area contributed by atoms with Gasteiger partial charge in [0.25, 0.3) is 0 Å². The molecule has 1 aliphatic heterocycles. The third kappa shape index (κ3) is 5.36. The summed E-state index contributed by atoms with van der Waals surface area (Å²) in [5.41, 5.74) is 0. The Morgan fingerprint density at radius 2 is 1.83 bits per heavy atom. The van der Waals surface area contributed by atoms with Crippen LogP contribution < -0.4 is 0 Å². The first-order chi connectivity index (χ1) is 8.65. The number of rotatable bonds is 6. The summed E-state index contributed by atoms with van der Waals surface area (Å²) in [7, 11) is 0. The van der Waals surface area contributed by atoms with E-state index in [4.69, 9.17) is 5.11 Å². The molecule has 0 radical (unpaired) electrons. The van der Waals surface area contributed by atoms with Crippen molar-refractivity contribution in [1.29, 1.82) is 0 Å². The first-order valence-corrected chi connectivity index (χ1v) is 7.28. The quantitative estimate of drug-likeness (QED) is 0.783. The molecule has 0 spiro atoms. The van der Waals surface area contributed by atoms with Gasteiger partial charge in [0, 0.05) is 32.3 Å². The Hall–Kier alpha value is -0.610. The molecule has 18 heavy (non-hydrogen) atoms. The number of amides is 1. The van der Waals surface area contributed by atoms with Crippen LogP contribution in [0.1, 0.15) is 46.0 Å². The lowest BCUT2D eigenvalue weighted by Gasteiger charge is -2.29. The second-order valence-electron chi connectivity index (χ2n) is 5.44. The Bertz CT molecular complexity index is 236. The SMILES string of the molecule is CC(C)N(CCCO)CC(=O)N1CCCCCC1. The van der Waals surface area contributed by atoms with Gasteiger partial charge in [-0.2, -0.15) is 0 Å². The van der Waals surface area contributed by atoms with Crippen molar-refractivity contribution in [2.45, 2.75) is 52.0 Å². The Morgan fingerprint density at radius 3 is 2.33 bits per heavy atom. The number of hydrogen-bond donors (Lipinski definition) is 1. The van der Waals surface area contributed by atoms with Crippen molar-refractivity contribution in [2.75, 3.05) is 32.8 Å². The fourth-order valence-corrected chi connectivity index (χ4v) is 2.39. The summed E-state index contributed by atoms with van der Waals surface area (Å²) in [6, 6.07) is 0.354. The van der Waals surface area contributed by atoms with E-state index in [1.807, 2.05) is 4.90 Å². The smallest absolute Gasteiger partial charge is 0.236 e. The van der Waals surface area contributed by atoms with Crippen LogP contribution in [-0.4, -0.2) is 59.6 Å². The second kappa shape index (κ2) is 8.48. The van der Waals surface area contributed by atoms with Crippen molar-refractivity contribution in [1.82, 2.24) is 9.80 Å². The van der Waals surface area contributed by atoms with Gasteiger partial charge in [-0.15, -0.1) is 0 Å². The monoisotopic (exact) mass is 256 g/mol. The van der Waals surface area contributed by atoms with Crippen LogP contribution in [0.15, 0.2) is 0 Å². The van der Waals surface area contributed by atoms with Crippen LogP contribution in [-0.2, 0) is 4.79 Å². The zero-order valence-corrected chi connectivity index (χ0v) is 11.9. The van der Waals surface area contributed by atoms with Crippen molar-refractivity contribution in [3.63, 3.8) is 0 Å². The molecular formula is C14H28N2O2. The number of carbonyl (C=O) groups is 1. The van der Waals surface area contributed by atoms with E-state index in [2.05, 4.69) is 18.7 Å². The Morgan fingerprint density at radius 1 is 1.22 bits per heavy atom. The third-order valence-corrected chi connectivity index (χ3v) is 3.63. The van der Waals surface area contributed by atoms with E-state index in [0.717, 1.165) is 38.9 Å². The lowest BCUT2D eigenvalue weighted by Crippen LogP contribution is -2.43. The molecule has 0 aliphatic carbocycles. The van der Waals surface area contributed by atoms with Crippen molar-refractivity contribution in [3.05, 3.63) is 0 Å². The molecule has 0 aromatic heterocycles. The summed E-state index contributed by atoms with van der Waals surface area (Å²) in [4.78, 5) is 16.4. The molecule has 1 aliphatic rings. The van der Waals surface area contributed by atoms with Gasteiger partial charge in [-0.3, -0.25) is 9.69 Å². The predicted octanol–water partition coefficient (Wildman–Crippen LogP) is 1.48. The highest BCUT2D eigenvalue weighted by Crippen LogP contribution is 2.11. The van der Waals surface area contributed by atoms with Gasteiger partial charge in [-0.25, -0.2) is 0 Å². The second-order valence-corrected chi connectivity index (χ2v) is 5.44. The standard InChI is InChI=1S/C14H28N2O2/c1-13(2)16(10-7-11-17)12-14(18)15-8-5-3-4-6-9-15/h13,17H,3-12H2,1-2H3. The molecule has 1 saturated heterocycles. The molecule has 0 bridgehead atoms. The third-order valence-electron chi connectivity index (χ3n) is 3.63. The van der Waals surface area contributed by atoms with E-state index in [1.165, 1.54) is 12.8 Å². The zero-order chi connectivity index (χ0) is 13.4. The van der Waals surface area contributed by atoms with Crippen LogP contribution in [0.25, 0.3) is 0 Å². The first-order valence-electron chi connectivity index (χ1n) is 7.28. The van der Waals surface area contributed by atoms with Crippen LogP contribution in [0, 0.1) is 0 Å². The molecule has 1 N–H and O–H groups in total. The molecule has 1 rings (SSSR count). The molecule has 0 aromatic rings. The van der Waals surface area contributed by atoms with Crippen LogP contribution in [0.5, 0.6) is 0 Å². The average Bonchev–Trinajstić information content (AvgIpc) is 2.62. The normalized spacial score (nSPS) is 17.3. The first kappa shape index (κ1) is 15.4. The molecule has 106 valence electrons. The average molecular weight is 256 g/mol. The highest BCUT2D eigenvalue weighted by atomic mass is 16.3. The number of nitrogens with zero attached hydrogens (tertiary/aromatic N) is 2. The van der Waals surface area contributed by atoms with Crippen LogP contribution in [0.3, 0.4) is 0 Å². The zero-order valence-electron chi connectivity index (χ0n) is 11.9. The molecule has 0 unspecified atom stereocenters. The van der Waals surface area contributed by atoms with E-state index in [0.29, 0.717) is 12.6 Å². The largest absolute Gasteiger partial charge is 0.396 e. The fraction of sp³-hybridized carbons (Fsp3) is 0.929. The van der Waals surface area contributed by atoms with E-state index in [-0.39, 0.29) is 12.5 Å². The van der Waals surface area contributed by atoms with Crippen molar-refractivity contribution < 1.29 is 9.90 Å². The van der Waals surface area contributed by atoms with Crippen LogP contribution >= 0.6 is 0 Å². The molecule has 1 heterocycles. The van der Waals surface area contributed by atoms with Crippen molar-refractivity contribution >= 4 is 5.91 Å². The number of aliphatic hydroxyl groups excluding tert-OH is 1. The summed E-state index contributed by atoms with van der Waals surface area (Å²) < 4.78 is 0. The van der Waals surface area contributed by atoms with Gasteiger partial charge >= 0.3 is 0 Å². The van der Waals surface area contributed by atoms with Crippen molar-refractivity contribution in [2.24, 2.45) is 0 Å². The van der Waals surface area contributed by atoms with Crippen LogP contribution in [0.2, 0.25) is 0 Å². The van der Waals surface area contributed by atoms with E-state index < -0.39 is 0 Å². The minimum atomic E-state index is 0.196. The van der Waals surface area contributed by atoms with E-state index in [9.17, 15) is 4.79 Å². The molecule has 0 saturated carbocycles. The topological polar surface area (TPSA) is 43.8 Å². The molecule has 1 fully saturated rings. The molecular weight excluding hydrogens is 228 g/mol.